The van der Waals surface area contributed by atoms with Crippen LogP contribution in [0.3, 0.4) is 0 Å². The molecule has 1 aliphatic rings. The second-order valence-electron chi connectivity index (χ2n) is 5.13. The molecule has 0 saturated heterocycles. The van der Waals surface area contributed by atoms with Crippen LogP contribution in [-0.2, 0) is 11.3 Å². The van der Waals surface area contributed by atoms with E-state index in [9.17, 15) is 15.0 Å². The van der Waals surface area contributed by atoms with Crippen molar-refractivity contribution in [3.05, 3.63) is 29.8 Å². The monoisotopic (exact) mass is 300 g/mol. The van der Waals surface area contributed by atoms with Crippen molar-refractivity contribution in [2.45, 2.75) is 38.0 Å². The molecule has 2 rings (SSSR count). The Kier molecular flexibility index (Phi) is 6.26. The molecule has 1 fully saturated rings. The lowest BCUT2D eigenvalue weighted by Gasteiger charge is -2.29. The maximum Gasteiger partial charge on any atom is 0.223 e. The van der Waals surface area contributed by atoms with E-state index in [1.54, 1.807) is 18.2 Å². The number of carbonyl (C=O) groups is 1. The maximum atomic E-state index is 12.0. The minimum atomic E-state index is -0.592. The first-order chi connectivity index (χ1) is 9.06. The number of phenolic OH excluding ortho intramolecular Hbond substituents is 1. The summed E-state index contributed by atoms with van der Waals surface area (Å²) in [7, 11) is 0. The molecule has 0 unspecified atom stereocenters. The number of aliphatic hydroxyl groups is 1. The quantitative estimate of drug-likeness (QED) is 0.667. The zero-order chi connectivity index (χ0) is 13.8. The molecular formula is C14H21ClN2O3. The smallest absolute Gasteiger partial charge is 0.223 e. The highest BCUT2D eigenvalue weighted by Crippen LogP contribution is 2.24. The SMILES string of the molecule is Cl.N[C@H]1CC[C@H](C(=O)NCc2cccc(O)c2)C[C@@H]1O. The number of nitrogens with two attached hydrogens (primary N) is 1. The number of phenols is 1. The number of rotatable bonds is 3. The first-order valence-corrected chi connectivity index (χ1v) is 6.55. The molecule has 0 heterocycles. The minimum absolute atomic E-state index is 0. The molecule has 1 aliphatic carbocycles. The van der Waals surface area contributed by atoms with Crippen molar-refractivity contribution < 1.29 is 15.0 Å². The number of hydrogen-bond acceptors (Lipinski definition) is 4. The summed E-state index contributed by atoms with van der Waals surface area (Å²) in [5, 5.41) is 21.8. The largest absolute Gasteiger partial charge is 0.508 e. The van der Waals surface area contributed by atoms with Gasteiger partial charge in [-0.1, -0.05) is 12.1 Å². The van der Waals surface area contributed by atoms with Gasteiger partial charge in [0.25, 0.3) is 0 Å². The normalized spacial score (nSPS) is 25.6. The summed E-state index contributed by atoms with van der Waals surface area (Å²) in [5.41, 5.74) is 6.56. The van der Waals surface area contributed by atoms with Gasteiger partial charge in [-0.2, -0.15) is 0 Å². The number of hydrogen-bond donors (Lipinski definition) is 4. The Bertz CT molecular complexity index is 456. The highest BCUT2D eigenvalue weighted by atomic mass is 35.5. The fraction of sp³-hybridized carbons (Fsp3) is 0.500. The van der Waals surface area contributed by atoms with Gasteiger partial charge in [0.2, 0.25) is 5.91 Å². The van der Waals surface area contributed by atoms with Crippen LogP contribution in [0.5, 0.6) is 5.75 Å². The zero-order valence-electron chi connectivity index (χ0n) is 11.2. The molecule has 1 amide bonds. The van der Waals surface area contributed by atoms with Gasteiger partial charge in [0.1, 0.15) is 5.75 Å². The Labute approximate surface area is 124 Å². The second-order valence-corrected chi connectivity index (χ2v) is 5.13. The molecule has 1 aromatic rings. The Morgan fingerprint density at radius 1 is 1.40 bits per heavy atom. The molecular weight excluding hydrogens is 280 g/mol. The van der Waals surface area contributed by atoms with Crippen molar-refractivity contribution in [1.82, 2.24) is 5.32 Å². The van der Waals surface area contributed by atoms with Gasteiger partial charge in [0, 0.05) is 18.5 Å². The van der Waals surface area contributed by atoms with E-state index in [4.69, 9.17) is 5.73 Å². The standard InChI is InChI=1S/C14H20N2O3.ClH/c15-12-5-4-10(7-13(12)18)14(19)16-8-9-2-1-3-11(17)6-9;/h1-3,6,10,12-13,17-18H,4-5,7-8,15H2,(H,16,19);1H/t10-,12-,13-;/m0./s1. The number of halogens is 1. The first-order valence-electron chi connectivity index (χ1n) is 6.55. The molecule has 0 aliphatic heterocycles. The number of aliphatic hydroxyl groups excluding tert-OH is 1. The van der Waals surface area contributed by atoms with Gasteiger partial charge >= 0.3 is 0 Å². The summed E-state index contributed by atoms with van der Waals surface area (Å²) in [5.74, 6) is -0.0489. The summed E-state index contributed by atoms with van der Waals surface area (Å²) >= 11 is 0. The van der Waals surface area contributed by atoms with Crippen LogP contribution in [0.4, 0.5) is 0 Å². The topological polar surface area (TPSA) is 95.6 Å². The average Bonchev–Trinajstić information content (AvgIpc) is 2.39. The van der Waals surface area contributed by atoms with Gasteiger partial charge in [-0.05, 0) is 37.0 Å². The van der Waals surface area contributed by atoms with Gasteiger partial charge < -0.3 is 21.3 Å². The summed E-state index contributed by atoms with van der Waals surface area (Å²) in [4.78, 5) is 12.0. The van der Waals surface area contributed by atoms with E-state index in [0.717, 1.165) is 5.56 Å². The summed E-state index contributed by atoms with van der Waals surface area (Å²) < 4.78 is 0. The summed E-state index contributed by atoms with van der Waals surface area (Å²) in [6, 6.07) is 6.57. The summed E-state index contributed by atoms with van der Waals surface area (Å²) in [6.07, 6.45) is 1.22. The summed E-state index contributed by atoms with van der Waals surface area (Å²) in [6.45, 7) is 0.381. The van der Waals surface area contributed by atoms with E-state index >= 15 is 0 Å². The maximum absolute atomic E-state index is 12.0. The van der Waals surface area contributed by atoms with E-state index in [2.05, 4.69) is 5.32 Å². The van der Waals surface area contributed by atoms with Gasteiger partial charge in [-0.3, -0.25) is 4.79 Å². The van der Waals surface area contributed by atoms with Crippen LogP contribution >= 0.6 is 12.4 Å². The molecule has 0 radical (unpaired) electrons. The lowest BCUT2D eigenvalue weighted by molar-refractivity contribution is -0.127. The third-order valence-electron chi connectivity index (χ3n) is 3.62. The van der Waals surface area contributed by atoms with Crippen molar-refractivity contribution in [2.75, 3.05) is 0 Å². The third-order valence-corrected chi connectivity index (χ3v) is 3.62. The number of carbonyl (C=O) groups excluding carboxylic acids is 1. The van der Waals surface area contributed by atoms with Gasteiger partial charge in [0.05, 0.1) is 6.10 Å². The van der Waals surface area contributed by atoms with E-state index in [1.807, 2.05) is 6.07 Å². The van der Waals surface area contributed by atoms with E-state index in [0.29, 0.717) is 25.8 Å². The predicted octanol–water partition coefficient (Wildman–Crippen LogP) is 0.918. The number of benzene rings is 1. The minimum Gasteiger partial charge on any atom is -0.508 e. The lowest BCUT2D eigenvalue weighted by Crippen LogP contribution is -2.44. The predicted molar refractivity (Wildman–Crippen MR) is 78.5 cm³/mol. The van der Waals surface area contributed by atoms with Crippen molar-refractivity contribution in [3.8, 4) is 5.75 Å². The lowest BCUT2D eigenvalue weighted by atomic mass is 9.84. The van der Waals surface area contributed by atoms with Crippen LogP contribution in [0.15, 0.2) is 24.3 Å². The molecule has 0 bridgehead atoms. The zero-order valence-corrected chi connectivity index (χ0v) is 12.0. The first kappa shape index (κ1) is 16.8. The average molecular weight is 301 g/mol. The molecule has 0 spiro atoms. The molecule has 5 N–H and O–H groups in total. The van der Waals surface area contributed by atoms with Crippen LogP contribution in [0.2, 0.25) is 0 Å². The Morgan fingerprint density at radius 3 is 2.80 bits per heavy atom. The Morgan fingerprint density at radius 2 is 2.15 bits per heavy atom. The molecule has 6 heteroatoms. The molecule has 0 aromatic heterocycles. The molecule has 1 aromatic carbocycles. The number of nitrogens with one attached hydrogen (secondary N) is 1. The highest BCUT2D eigenvalue weighted by molar-refractivity contribution is 5.85. The van der Waals surface area contributed by atoms with E-state index in [-0.39, 0.29) is 36.0 Å². The van der Waals surface area contributed by atoms with Crippen LogP contribution in [0.25, 0.3) is 0 Å². The van der Waals surface area contributed by atoms with E-state index in [1.165, 1.54) is 0 Å². The van der Waals surface area contributed by atoms with Gasteiger partial charge in [-0.25, -0.2) is 0 Å². The molecule has 20 heavy (non-hydrogen) atoms. The van der Waals surface area contributed by atoms with Gasteiger partial charge in [0.15, 0.2) is 0 Å². The van der Waals surface area contributed by atoms with Crippen LogP contribution < -0.4 is 11.1 Å². The number of aromatic hydroxyl groups is 1. The van der Waals surface area contributed by atoms with Crippen molar-refractivity contribution >= 4 is 18.3 Å². The Balaban J connectivity index is 0.00000200. The van der Waals surface area contributed by atoms with Crippen LogP contribution in [-0.4, -0.2) is 28.3 Å². The second kappa shape index (κ2) is 7.47. The number of amides is 1. The Hall–Kier alpha value is -1.30. The van der Waals surface area contributed by atoms with Crippen LogP contribution in [0.1, 0.15) is 24.8 Å². The fourth-order valence-electron chi connectivity index (χ4n) is 2.41. The fourth-order valence-corrected chi connectivity index (χ4v) is 2.41. The van der Waals surface area contributed by atoms with Crippen molar-refractivity contribution in [3.63, 3.8) is 0 Å². The van der Waals surface area contributed by atoms with Crippen molar-refractivity contribution in [1.29, 1.82) is 0 Å². The molecule has 3 atom stereocenters. The highest BCUT2D eigenvalue weighted by Gasteiger charge is 2.30. The van der Waals surface area contributed by atoms with Gasteiger partial charge in [-0.15, -0.1) is 12.4 Å². The molecule has 1 saturated carbocycles. The third kappa shape index (κ3) is 4.37. The van der Waals surface area contributed by atoms with Crippen LogP contribution in [0, 0.1) is 5.92 Å². The van der Waals surface area contributed by atoms with Crippen molar-refractivity contribution in [2.24, 2.45) is 11.7 Å². The van der Waals surface area contributed by atoms with E-state index < -0.39 is 6.10 Å². The molecule has 112 valence electrons. The molecule has 5 nitrogen and oxygen atoms in total.